The highest BCUT2D eigenvalue weighted by Gasteiger charge is 2.16. The summed E-state index contributed by atoms with van der Waals surface area (Å²) in [5, 5.41) is 2.87. The second kappa shape index (κ2) is 7.58. The summed E-state index contributed by atoms with van der Waals surface area (Å²) in [7, 11) is 0. The third kappa shape index (κ3) is 3.86. The maximum Gasteiger partial charge on any atom is 0.251 e. The second-order valence-electron chi connectivity index (χ2n) is 6.69. The first-order valence-corrected chi connectivity index (χ1v) is 8.96. The van der Waals surface area contributed by atoms with E-state index < -0.39 is 0 Å². The van der Waals surface area contributed by atoms with Crippen molar-refractivity contribution in [2.45, 2.75) is 26.1 Å². The van der Waals surface area contributed by atoms with Crippen LogP contribution in [0.5, 0.6) is 0 Å². The van der Waals surface area contributed by atoms with Crippen LogP contribution in [0, 0.1) is 0 Å². The number of hydrogen-bond donors (Lipinski definition) is 1. The van der Waals surface area contributed by atoms with Crippen molar-refractivity contribution >= 4 is 5.91 Å². The van der Waals surface area contributed by atoms with Crippen LogP contribution in [0.2, 0.25) is 0 Å². The molecule has 1 N–H and O–H groups in total. The van der Waals surface area contributed by atoms with Gasteiger partial charge in [-0.3, -0.25) is 9.69 Å². The summed E-state index contributed by atoms with van der Waals surface area (Å²) >= 11 is 0. The van der Waals surface area contributed by atoms with Gasteiger partial charge in [-0.1, -0.05) is 36.4 Å². The molecule has 0 saturated carbocycles. The number of carbonyl (C=O) groups is 1. The summed E-state index contributed by atoms with van der Waals surface area (Å²) in [4.78, 5) is 14.7. The Hall–Kier alpha value is -2.85. The van der Waals surface area contributed by atoms with E-state index in [-0.39, 0.29) is 5.91 Å². The molecule has 3 aromatic rings. The van der Waals surface area contributed by atoms with Crippen LogP contribution in [-0.4, -0.2) is 17.4 Å². The molecule has 0 unspecified atom stereocenters. The molecular weight excluding hydrogens is 324 g/mol. The average Bonchev–Trinajstić information content (AvgIpc) is 3.20. The Labute approximate surface area is 153 Å². The highest BCUT2D eigenvalue weighted by Crippen LogP contribution is 2.20. The highest BCUT2D eigenvalue weighted by atomic mass is 16.3. The van der Waals surface area contributed by atoms with E-state index in [1.54, 1.807) is 6.26 Å². The third-order valence-electron chi connectivity index (χ3n) is 4.84. The number of benzene rings is 2. The van der Waals surface area contributed by atoms with Gasteiger partial charge in [0.25, 0.3) is 5.91 Å². The van der Waals surface area contributed by atoms with Crippen LogP contribution in [0.4, 0.5) is 0 Å². The molecule has 4 heteroatoms. The van der Waals surface area contributed by atoms with Gasteiger partial charge >= 0.3 is 0 Å². The first-order valence-electron chi connectivity index (χ1n) is 8.96. The van der Waals surface area contributed by atoms with Crippen molar-refractivity contribution in [1.82, 2.24) is 10.2 Å². The lowest BCUT2D eigenvalue weighted by Gasteiger charge is -2.28. The molecule has 132 valence electrons. The fourth-order valence-electron chi connectivity index (χ4n) is 3.39. The van der Waals surface area contributed by atoms with E-state index in [0.29, 0.717) is 12.1 Å². The summed E-state index contributed by atoms with van der Waals surface area (Å²) in [6, 6.07) is 20.2. The average molecular weight is 346 g/mol. The minimum atomic E-state index is -0.0835. The van der Waals surface area contributed by atoms with Gasteiger partial charge in [0.2, 0.25) is 0 Å². The maximum atomic E-state index is 12.2. The van der Waals surface area contributed by atoms with Crippen LogP contribution in [0.25, 0.3) is 0 Å². The van der Waals surface area contributed by atoms with Crippen molar-refractivity contribution in [3.05, 3.63) is 94.9 Å². The molecule has 4 rings (SSSR count). The highest BCUT2D eigenvalue weighted by molar-refractivity contribution is 5.94. The standard InChI is InChI=1S/C22H22N2O2/c25-22(23-14-21-6-3-13-26-21)19-9-7-17(8-10-19)15-24-12-11-18-4-1-2-5-20(18)16-24/h1-10,13H,11-12,14-16H2,(H,23,25). The van der Waals surface area contributed by atoms with Crippen molar-refractivity contribution < 1.29 is 9.21 Å². The van der Waals surface area contributed by atoms with Gasteiger partial charge in [0.15, 0.2) is 0 Å². The first-order chi connectivity index (χ1) is 12.8. The van der Waals surface area contributed by atoms with Crippen LogP contribution in [0.3, 0.4) is 0 Å². The molecule has 0 aliphatic carbocycles. The zero-order chi connectivity index (χ0) is 17.8. The predicted octanol–water partition coefficient (Wildman–Crippen LogP) is 3.77. The quantitative estimate of drug-likeness (QED) is 0.765. The van der Waals surface area contributed by atoms with Gasteiger partial charge in [-0.05, 0) is 47.4 Å². The molecule has 4 nitrogen and oxygen atoms in total. The van der Waals surface area contributed by atoms with Crippen LogP contribution in [0.1, 0.15) is 32.8 Å². The summed E-state index contributed by atoms with van der Waals surface area (Å²) in [5.41, 5.74) is 4.79. The van der Waals surface area contributed by atoms with Crippen LogP contribution in [-0.2, 0) is 26.1 Å². The number of rotatable bonds is 5. The second-order valence-corrected chi connectivity index (χ2v) is 6.69. The number of amides is 1. The van der Waals surface area contributed by atoms with Crippen molar-refractivity contribution in [1.29, 1.82) is 0 Å². The van der Waals surface area contributed by atoms with E-state index in [2.05, 4.69) is 34.5 Å². The maximum absolute atomic E-state index is 12.2. The Morgan fingerprint density at radius 2 is 1.81 bits per heavy atom. The largest absolute Gasteiger partial charge is 0.467 e. The van der Waals surface area contributed by atoms with E-state index in [4.69, 9.17) is 4.42 Å². The number of nitrogens with one attached hydrogen (secondary N) is 1. The number of furan rings is 1. The van der Waals surface area contributed by atoms with Gasteiger partial charge in [0.05, 0.1) is 12.8 Å². The fraction of sp³-hybridized carbons (Fsp3) is 0.227. The van der Waals surface area contributed by atoms with Crippen molar-refractivity contribution in [3.8, 4) is 0 Å². The lowest BCUT2D eigenvalue weighted by molar-refractivity contribution is 0.0948. The number of fused-ring (bicyclic) bond motifs is 1. The Morgan fingerprint density at radius 1 is 1.00 bits per heavy atom. The monoisotopic (exact) mass is 346 g/mol. The first kappa shape index (κ1) is 16.6. The molecule has 0 radical (unpaired) electrons. The van der Waals surface area contributed by atoms with Gasteiger partial charge in [-0.2, -0.15) is 0 Å². The Balaban J connectivity index is 1.34. The molecular formula is C22H22N2O2. The third-order valence-corrected chi connectivity index (χ3v) is 4.84. The van der Waals surface area contributed by atoms with E-state index in [0.717, 1.165) is 31.8 Å². The number of carbonyl (C=O) groups excluding carboxylic acids is 1. The lowest BCUT2D eigenvalue weighted by atomic mass is 9.99. The molecule has 26 heavy (non-hydrogen) atoms. The molecule has 0 atom stereocenters. The molecule has 0 saturated heterocycles. The zero-order valence-electron chi connectivity index (χ0n) is 14.7. The van der Waals surface area contributed by atoms with Crippen LogP contribution >= 0.6 is 0 Å². The van der Waals surface area contributed by atoms with E-state index in [1.807, 2.05) is 36.4 Å². The summed E-state index contributed by atoms with van der Waals surface area (Å²) in [6.07, 6.45) is 2.71. The van der Waals surface area contributed by atoms with Crippen molar-refractivity contribution in [2.24, 2.45) is 0 Å². The molecule has 2 heterocycles. The smallest absolute Gasteiger partial charge is 0.251 e. The Morgan fingerprint density at radius 3 is 2.58 bits per heavy atom. The number of nitrogens with zero attached hydrogens (tertiary/aromatic N) is 1. The summed E-state index contributed by atoms with van der Waals surface area (Å²) in [5.74, 6) is 0.667. The van der Waals surface area contributed by atoms with Gasteiger partial charge in [-0.25, -0.2) is 0 Å². The minimum absolute atomic E-state index is 0.0835. The Kier molecular flexibility index (Phi) is 4.84. The van der Waals surface area contributed by atoms with E-state index >= 15 is 0 Å². The molecule has 2 aromatic carbocycles. The van der Waals surface area contributed by atoms with Gasteiger partial charge < -0.3 is 9.73 Å². The predicted molar refractivity (Wildman–Crippen MR) is 101 cm³/mol. The van der Waals surface area contributed by atoms with Crippen LogP contribution < -0.4 is 5.32 Å². The van der Waals surface area contributed by atoms with Crippen molar-refractivity contribution in [3.63, 3.8) is 0 Å². The van der Waals surface area contributed by atoms with Crippen molar-refractivity contribution in [2.75, 3.05) is 6.54 Å². The van der Waals surface area contributed by atoms with Gasteiger partial charge in [0.1, 0.15) is 5.76 Å². The van der Waals surface area contributed by atoms with Gasteiger partial charge in [0, 0.05) is 25.2 Å². The fourth-order valence-corrected chi connectivity index (χ4v) is 3.39. The van der Waals surface area contributed by atoms with E-state index in [1.165, 1.54) is 16.7 Å². The summed E-state index contributed by atoms with van der Waals surface area (Å²) < 4.78 is 5.23. The molecule has 1 aromatic heterocycles. The molecule has 1 amide bonds. The normalized spacial score (nSPS) is 14.0. The van der Waals surface area contributed by atoms with Gasteiger partial charge in [-0.15, -0.1) is 0 Å². The molecule has 0 spiro atoms. The summed E-state index contributed by atoms with van der Waals surface area (Å²) in [6.45, 7) is 3.37. The van der Waals surface area contributed by atoms with Crippen LogP contribution in [0.15, 0.2) is 71.3 Å². The SMILES string of the molecule is O=C(NCc1ccco1)c1ccc(CN2CCc3ccccc3C2)cc1. The Bertz CT molecular complexity index is 869. The minimum Gasteiger partial charge on any atom is -0.467 e. The molecule has 0 fully saturated rings. The lowest BCUT2D eigenvalue weighted by Crippen LogP contribution is -2.30. The number of hydrogen-bond acceptors (Lipinski definition) is 3. The topological polar surface area (TPSA) is 45.5 Å². The zero-order valence-corrected chi connectivity index (χ0v) is 14.7. The van der Waals surface area contributed by atoms with E-state index in [9.17, 15) is 4.79 Å². The molecule has 1 aliphatic rings. The molecule has 1 aliphatic heterocycles. The molecule has 0 bridgehead atoms.